The Morgan fingerprint density at radius 1 is 0.609 bits per heavy atom. The van der Waals surface area contributed by atoms with Gasteiger partial charge in [-0.1, -0.05) is 103 Å². The maximum Gasteiger partial charge on any atom is 0.0445 e. The van der Waals surface area contributed by atoms with Crippen LogP contribution in [0.2, 0.25) is 0 Å². The summed E-state index contributed by atoms with van der Waals surface area (Å²) >= 11 is 2.10. The Bertz CT molecular complexity index is 226. The van der Waals surface area contributed by atoms with Gasteiger partial charge in [0.1, 0.15) is 0 Å². The van der Waals surface area contributed by atoms with Gasteiger partial charge in [-0.15, -0.1) is 11.8 Å². The third-order valence-corrected chi connectivity index (χ3v) is 6.17. The van der Waals surface area contributed by atoms with Crippen LogP contribution in [0, 0.1) is 0 Å². The summed E-state index contributed by atoms with van der Waals surface area (Å²) in [5, 5.41) is 0. The van der Waals surface area contributed by atoms with Crippen LogP contribution in [0.1, 0.15) is 110 Å². The first kappa shape index (κ1) is 21.4. The third-order valence-electron chi connectivity index (χ3n) is 5.15. The molecule has 1 fully saturated rings. The molecule has 1 rings (SSSR count). The smallest absolute Gasteiger partial charge is 0.0445 e. The fourth-order valence-corrected chi connectivity index (χ4v) is 4.54. The average molecular weight is 342 g/mol. The van der Waals surface area contributed by atoms with Crippen molar-refractivity contribution in [2.75, 3.05) is 24.7 Å². The minimum atomic E-state index is 1.29. The fraction of sp³-hybridized carbons (Fsp3) is 1.00. The molecule has 1 aliphatic heterocycles. The molecule has 1 aliphatic rings. The Hall–Kier alpha value is 0.310. The van der Waals surface area contributed by atoms with Gasteiger partial charge < -0.3 is 0 Å². The summed E-state index contributed by atoms with van der Waals surface area (Å²) in [6, 6.07) is 0. The molecule has 138 valence electrons. The predicted molar refractivity (Wildman–Crippen MR) is 108 cm³/mol. The number of hydrogen-bond donors (Lipinski definition) is 0. The zero-order chi connectivity index (χ0) is 16.4. The SMILES string of the molecule is CCCCCCCCCCCCCCCCCCN1CCSC1. The molecule has 0 unspecified atom stereocenters. The standard InChI is InChI=1S/C21H43NS/c1-2-3-4-5-6-7-8-9-10-11-12-13-14-15-16-17-18-22-19-20-23-21-22/h2-21H2,1H3. The lowest BCUT2D eigenvalue weighted by atomic mass is 10.0. The van der Waals surface area contributed by atoms with Gasteiger partial charge >= 0.3 is 0 Å². The minimum absolute atomic E-state index is 1.29. The minimum Gasteiger partial charge on any atom is -0.293 e. The third kappa shape index (κ3) is 14.4. The predicted octanol–water partition coefficient (Wildman–Crippen LogP) is 7.25. The van der Waals surface area contributed by atoms with E-state index in [-0.39, 0.29) is 0 Å². The summed E-state index contributed by atoms with van der Waals surface area (Å²) in [4.78, 5) is 2.62. The van der Waals surface area contributed by atoms with Crippen LogP contribution < -0.4 is 0 Å². The van der Waals surface area contributed by atoms with Gasteiger partial charge in [0.15, 0.2) is 0 Å². The average Bonchev–Trinajstić information content (AvgIpc) is 3.08. The molecule has 0 spiro atoms. The molecule has 2 heteroatoms. The van der Waals surface area contributed by atoms with E-state index in [9.17, 15) is 0 Å². The van der Waals surface area contributed by atoms with E-state index in [1.165, 1.54) is 127 Å². The number of nitrogens with zero attached hydrogens (tertiary/aromatic N) is 1. The second-order valence-electron chi connectivity index (χ2n) is 7.46. The molecule has 1 saturated heterocycles. The van der Waals surface area contributed by atoms with E-state index >= 15 is 0 Å². The monoisotopic (exact) mass is 341 g/mol. The summed E-state index contributed by atoms with van der Waals surface area (Å²) in [7, 11) is 0. The van der Waals surface area contributed by atoms with Gasteiger partial charge in [0.2, 0.25) is 0 Å². The molecule has 0 aromatic rings. The summed E-state index contributed by atoms with van der Waals surface area (Å²) in [6.07, 6.45) is 23.5. The van der Waals surface area contributed by atoms with Crippen LogP contribution >= 0.6 is 11.8 Å². The van der Waals surface area contributed by atoms with Crippen molar-refractivity contribution in [3.63, 3.8) is 0 Å². The second kappa shape index (κ2) is 17.1. The van der Waals surface area contributed by atoms with Gasteiger partial charge in [0.25, 0.3) is 0 Å². The van der Waals surface area contributed by atoms with Crippen LogP contribution in [0.25, 0.3) is 0 Å². The van der Waals surface area contributed by atoms with E-state index in [0.29, 0.717) is 0 Å². The van der Waals surface area contributed by atoms with Gasteiger partial charge in [-0.2, -0.15) is 0 Å². The van der Waals surface area contributed by atoms with Crippen molar-refractivity contribution >= 4 is 11.8 Å². The quantitative estimate of drug-likeness (QED) is 0.256. The summed E-state index contributed by atoms with van der Waals surface area (Å²) in [5.74, 6) is 2.65. The van der Waals surface area contributed by atoms with Crippen molar-refractivity contribution in [3.05, 3.63) is 0 Å². The molecule has 0 aliphatic carbocycles. The Labute approximate surface area is 151 Å². The Morgan fingerprint density at radius 2 is 1.04 bits per heavy atom. The van der Waals surface area contributed by atoms with Gasteiger partial charge in [-0.3, -0.25) is 4.90 Å². The van der Waals surface area contributed by atoms with Gasteiger partial charge in [-0.25, -0.2) is 0 Å². The topological polar surface area (TPSA) is 3.24 Å². The molecule has 23 heavy (non-hydrogen) atoms. The zero-order valence-corrected chi connectivity index (χ0v) is 16.8. The Balaban J connectivity index is 1.64. The molecule has 0 bridgehead atoms. The lowest BCUT2D eigenvalue weighted by Gasteiger charge is -2.12. The molecule has 1 heterocycles. The Morgan fingerprint density at radius 3 is 1.43 bits per heavy atom. The van der Waals surface area contributed by atoms with E-state index in [1.807, 2.05) is 0 Å². The van der Waals surface area contributed by atoms with Crippen molar-refractivity contribution in [3.8, 4) is 0 Å². The molecule has 0 atom stereocenters. The first-order valence-electron chi connectivity index (χ1n) is 10.7. The van der Waals surface area contributed by atoms with Crippen LogP contribution in [0.5, 0.6) is 0 Å². The highest BCUT2D eigenvalue weighted by Gasteiger charge is 2.10. The maximum atomic E-state index is 2.62. The van der Waals surface area contributed by atoms with Crippen LogP contribution in [0.4, 0.5) is 0 Å². The Kier molecular flexibility index (Phi) is 15.9. The van der Waals surface area contributed by atoms with Crippen LogP contribution in [-0.4, -0.2) is 29.6 Å². The highest BCUT2D eigenvalue weighted by molar-refractivity contribution is 7.99. The van der Waals surface area contributed by atoms with E-state index in [4.69, 9.17) is 0 Å². The van der Waals surface area contributed by atoms with E-state index in [2.05, 4.69) is 23.6 Å². The molecule has 0 saturated carbocycles. The zero-order valence-electron chi connectivity index (χ0n) is 16.0. The first-order valence-corrected chi connectivity index (χ1v) is 11.9. The van der Waals surface area contributed by atoms with Crippen molar-refractivity contribution in [1.82, 2.24) is 4.90 Å². The lowest BCUT2D eigenvalue weighted by Crippen LogP contribution is -2.20. The largest absolute Gasteiger partial charge is 0.293 e. The van der Waals surface area contributed by atoms with E-state index in [0.717, 1.165) is 0 Å². The van der Waals surface area contributed by atoms with Gasteiger partial charge in [0.05, 0.1) is 0 Å². The first-order chi connectivity index (χ1) is 11.4. The van der Waals surface area contributed by atoms with E-state index < -0.39 is 0 Å². The van der Waals surface area contributed by atoms with E-state index in [1.54, 1.807) is 0 Å². The normalized spacial score (nSPS) is 15.5. The van der Waals surface area contributed by atoms with Crippen molar-refractivity contribution in [1.29, 1.82) is 0 Å². The lowest BCUT2D eigenvalue weighted by molar-refractivity contribution is 0.343. The highest BCUT2D eigenvalue weighted by atomic mass is 32.2. The molecule has 0 radical (unpaired) electrons. The van der Waals surface area contributed by atoms with Crippen molar-refractivity contribution in [2.24, 2.45) is 0 Å². The van der Waals surface area contributed by atoms with Crippen LogP contribution in [0.15, 0.2) is 0 Å². The highest BCUT2D eigenvalue weighted by Crippen LogP contribution is 2.16. The van der Waals surface area contributed by atoms with Crippen molar-refractivity contribution in [2.45, 2.75) is 110 Å². The second-order valence-corrected chi connectivity index (χ2v) is 8.53. The summed E-state index contributed by atoms with van der Waals surface area (Å²) in [5.41, 5.74) is 0. The molecule has 0 N–H and O–H groups in total. The number of unbranched alkanes of at least 4 members (excludes halogenated alkanes) is 15. The number of thioether (sulfide) groups is 1. The molecular formula is C21H43NS. The van der Waals surface area contributed by atoms with Gasteiger partial charge in [0, 0.05) is 18.2 Å². The molecule has 1 nitrogen and oxygen atoms in total. The van der Waals surface area contributed by atoms with Gasteiger partial charge in [-0.05, 0) is 13.0 Å². The maximum absolute atomic E-state index is 2.62. The molecule has 0 aromatic carbocycles. The summed E-state index contributed by atoms with van der Waals surface area (Å²) < 4.78 is 0. The molecule has 0 amide bonds. The van der Waals surface area contributed by atoms with Crippen LogP contribution in [0.3, 0.4) is 0 Å². The van der Waals surface area contributed by atoms with Crippen molar-refractivity contribution < 1.29 is 0 Å². The molecular weight excluding hydrogens is 298 g/mol. The fourth-order valence-electron chi connectivity index (χ4n) is 3.51. The molecule has 0 aromatic heterocycles. The number of hydrogen-bond acceptors (Lipinski definition) is 2. The number of rotatable bonds is 17. The van der Waals surface area contributed by atoms with Crippen LogP contribution in [-0.2, 0) is 0 Å². The summed E-state index contributed by atoms with van der Waals surface area (Å²) in [6.45, 7) is 4.99.